The topological polar surface area (TPSA) is 66.6 Å². The third kappa shape index (κ3) is 4.31. The zero-order chi connectivity index (χ0) is 9.72. The largest absolute Gasteiger partial charge is 0.393 e. The standard InChI is InChI=1S/C8H18N2O2/c1-6(11)4-5-10(3)8(12)7(2)9/h6-7,11H,4-5,9H2,1-3H3/t6?,7-/m0/s1. The van der Waals surface area contributed by atoms with Gasteiger partial charge in [-0.3, -0.25) is 4.79 Å². The minimum absolute atomic E-state index is 0.0874. The van der Waals surface area contributed by atoms with Crippen molar-refractivity contribution in [2.45, 2.75) is 32.4 Å². The minimum Gasteiger partial charge on any atom is -0.393 e. The summed E-state index contributed by atoms with van der Waals surface area (Å²) in [7, 11) is 1.69. The highest BCUT2D eigenvalue weighted by molar-refractivity contribution is 5.80. The van der Waals surface area contributed by atoms with E-state index in [0.717, 1.165) is 0 Å². The maximum atomic E-state index is 11.2. The van der Waals surface area contributed by atoms with E-state index in [1.807, 2.05) is 0 Å². The van der Waals surface area contributed by atoms with Crippen molar-refractivity contribution in [3.63, 3.8) is 0 Å². The molecule has 0 rings (SSSR count). The van der Waals surface area contributed by atoms with Gasteiger partial charge in [0, 0.05) is 13.6 Å². The third-order valence-electron chi connectivity index (χ3n) is 1.65. The predicted octanol–water partition coefficient (Wildman–Crippen LogP) is -0.437. The van der Waals surface area contributed by atoms with Gasteiger partial charge in [0.1, 0.15) is 0 Å². The molecular weight excluding hydrogens is 156 g/mol. The van der Waals surface area contributed by atoms with Crippen molar-refractivity contribution in [3.05, 3.63) is 0 Å². The highest BCUT2D eigenvalue weighted by atomic mass is 16.3. The third-order valence-corrected chi connectivity index (χ3v) is 1.65. The Balaban J connectivity index is 3.72. The lowest BCUT2D eigenvalue weighted by atomic mass is 10.2. The van der Waals surface area contributed by atoms with Crippen molar-refractivity contribution in [2.75, 3.05) is 13.6 Å². The van der Waals surface area contributed by atoms with E-state index < -0.39 is 6.04 Å². The first-order chi connectivity index (χ1) is 5.45. The van der Waals surface area contributed by atoms with Gasteiger partial charge in [-0.1, -0.05) is 0 Å². The summed E-state index contributed by atoms with van der Waals surface area (Å²) in [6.07, 6.45) is 0.225. The van der Waals surface area contributed by atoms with Gasteiger partial charge in [-0.25, -0.2) is 0 Å². The van der Waals surface area contributed by atoms with Gasteiger partial charge in [-0.15, -0.1) is 0 Å². The SMILES string of the molecule is CC(O)CCN(C)C(=O)[C@H](C)N. The molecule has 0 aliphatic rings. The minimum atomic E-state index is -0.455. The van der Waals surface area contributed by atoms with Gasteiger partial charge in [0.15, 0.2) is 0 Å². The molecule has 0 heterocycles. The molecule has 72 valence electrons. The number of hydrogen-bond donors (Lipinski definition) is 2. The number of aliphatic hydroxyl groups is 1. The summed E-state index contributed by atoms with van der Waals surface area (Å²) in [6, 6.07) is -0.455. The highest BCUT2D eigenvalue weighted by Crippen LogP contribution is 1.95. The molecule has 4 nitrogen and oxygen atoms in total. The van der Waals surface area contributed by atoms with Crippen molar-refractivity contribution in [2.24, 2.45) is 5.73 Å². The van der Waals surface area contributed by atoms with E-state index in [2.05, 4.69) is 0 Å². The number of hydrogen-bond acceptors (Lipinski definition) is 3. The van der Waals surface area contributed by atoms with Gasteiger partial charge in [0.05, 0.1) is 12.1 Å². The molecule has 1 unspecified atom stereocenters. The Bertz CT molecular complexity index is 146. The van der Waals surface area contributed by atoms with Gasteiger partial charge < -0.3 is 15.7 Å². The summed E-state index contributed by atoms with van der Waals surface area (Å²) >= 11 is 0. The maximum absolute atomic E-state index is 11.2. The molecule has 0 saturated heterocycles. The van der Waals surface area contributed by atoms with Crippen molar-refractivity contribution in [3.8, 4) is 0 Å². The fraction of sp³-hybridized carbons (Fsp3) is 0.875. The summed E-state index contributed by atoms with van der Waals surface area (Å²) in [5.74, 6) is -0.0874. The van der Waals surface area contributed by atoms with Gasteiger partial charge in [0.2, 0.25) is 5.91 Å². The van der Waals surface area contributed by atoms with Crippen LogP contribution in [0.25, 0.3) is 0 Å². The predicted molar refractivity (Wildman–Crippen MR) is 47.6 cm³/mol. The Hall–Kier alpha value is -0.610. The van der Waals surface area contributed by atoms with E-state index in [4.69, 9.17) is 10.8 Å². The molecule has 4 heteroatoms. The second-order valence-corrected chi connectivity index (χ2v) is 3.19. The molecule has 0 fully saturated rings. The van der Waals surface area contributed by atoms with Gasteiger partial charge >= 0.3 is 0 Å². The lowest BCUT2D eigenvalue weighted by Gasteiger charge is -2.19. The smallest absolute Gasteiger partial charge is 0.238 e. The zero-order valence-corrected chi connectivity index (χ0v) is 7.95. The number of nitrogens with zero attached hydrogens (tertiary/aromatic N) is 1. The lowest BCUT2D eigenvalue weighted by Crippen LogP contribution is -2.40. The van der Waals surface area contributed by atoms with Crippen LogP contribution in [0.4, 0.5) is 0 Å². The Morgan fingerprint density at radius 3 is 2.42 bits per heavy atom. The molecule has 0 aliphatic carbocycles. The number of carbonyl (C=O) groups is 1. The summed E-state index contributed by atoms with van der Waals surface area (Å²) in [5.41, 5.74) is 5.39. The van der Waals surface area contributed by atoms with Crippen LogP contribution >= 0.6 is 0 Å². The number of likely N-dealkylation sites (N-methyl/N-ethyl adjacent to an activating group) is 1. The fourth-order valence-corrected chi connectivity index (χ4v) is 0.838. The molecule has 0 aliphatic heterocycles. The van der Waals surface area contributed by atoms with Gasteiger partial charge in [-0.05, 0) is 20.3 Å². The molecule has 1 amide bonds. The average Bonchev–Trinajstić information content (AvgIpc) is 1.98. The van der Waals surface area contributed by atoms with E-state index in [-0.39, 0.29) is 12.0 Å². The van der Waals surface area contributed by atoms with Crippen LogP contribution in [0.3, 0.4) is 0 Å². The van der Waals surface area contributed by atoms with Crippen molar-refractivity contribution >= 4 is 5.91 Å². The fourth-order valence-electron chi connectivity index (χ4n) is 0.838. The van der Waals surface area contributed by atoms with E-state index in [1.165, 1.54) is 4.90 Å². The summed E-state index contributed by atoms with van der Waals surface area (Å²) in [4.78, 5) is 12.7. The van der Waals surface area contributed by atoms with Gasteiger partial charge in [-0.2, -0.15) is 0 Å². The lowest BCUT2D eigenvalue weighted by molar-refractivity contribution is -0.131. The molecule has 12 heavy (non-hydrogen) atoms. The van der Waals surface area contributed by atoms with Crippen LogP contribution in [0, 0.1) is 0 Å². The number of rotatable bonds is 4. The highest BCUT2D eigenvalue weighted by Gasteiger charge is 2.12. The second kappa shape index (κ2) is 5.11. The Labute approximate surface area is 73.3 Å². The molecule has 0 aromatic rings. The molecule has 0 aromatic heterocycles. The van der Waals surface area contributed by atoms with Crippen molar-refractivity contribution in [1.29, 1.82) is 0 Å². The van der Waals surface area contributed by atoms with Gasteiger partial charge in [0.25, 0.3) is 0 Å². The number of aliphatic hydroxyl groups excluding tert-OH is 1. The maximum Gasteiger partial charge on any atom is 0.238 e. The molecule has 0 spiro atoms. The van der Waals surface area contributed by atoms with E-state index in [9.17, 15) is 4.79 Å². The number of carbonyl (C=O) groups excluding carboxylic acids is 1. The summed E-state index contributed by atoms with van der Waals surface area (Å²) in [6.45, 7) is 3.91. The van der Waals surface area contributed by atoms with Crippen LogP contribution in [-0.2, 0) is 4.79 Å². The first-order valence-electron chi connectivity index (χ1n) is 4.13. The number of amides is 1. The van der Waals surface area contributed by atoms with E-state index in [0.29, 0.717) is 13.0 Å². The van der Waals surface area contributed by atoms with E-state index >= 15 is 0 Å². The Kier molecular flexibility index (Phi) is 4.85. The van der Waals surface area contributed by atoms with Crippen molar-refractivity contribution < 1.29 is 9.90 Å². The summed E-state index contributed by atoms with van der Waals surface area (Å²) < 4.78 is 0. The van der Waals surface area contributed by atoms with Crippen LogP contribution in [0.2, 0.25) is 0 Å². The van der Waals surface area contributed by atoms with Crippen molar-refractivity contribution in [1.82, 2.24) is 4.90 Å². The van der Waals surface area contributed by atoms with Crippen LogP contribution in [0.5, 0.6) is 0 Å². The first kappa shape index (κ1) is 11.4. The second-order valence-electron chi connectivity index (χ2n) is 3.19. The summed E-state index contributed by atoms with van der Waals surface area (Å²) in [5, 5.41) is 8.95. The Morgan fingerprint density at radius 2 is 2.08 bits per heavy atom. The average molecular weight is 174 g/mol. The van der Waals surface area contributed by atoms with Crippen LogP contribution < -0.4 is 5.73 Å². The molecule has 2 atom stereocenters. The molecular formula is C8H18N2O2. The van der Waals surface area contributed by atoms with Crippen LogP contribution in [0.1, 0.15) is 20.3 Å². The Morgan fingerprint density at radius 1 is 1.58 bits per heavy atom. The number of nitrogens with two attached hydrogens (primary N) is 1. The van der Waals surface area contributed by atoms with Crippen LogP contribution in [-0.4, -0.2) is 41.7 Å². The zero-order valence-electron chi connectivity index (χ0n) is 7.95. The van der Waals surface area contributed by atoms with E-state index in [1.54, 1.807) is 20.9 Å². The first-order valence-corrected chi connectivity index (χ1v) is 4.13. The van der Waals surface area contributed by atoms with Crippen LogP contribution in [0.15, 0.2) is 0 Å². The normalized spacial score (nSPS) is 15.4. The quantitative estimate of drug-likeness (QED) is 0.607. The molecule has 0 bridgehead atoms. The monoisotopic (exact) mass is 174 g/mol. The molecule has 0 radical (unpaired) electrons. The molecule has 0 aromatic carbocycles. The molecule has 3 N–H and O–H groups in total. The molecule has 0 saturated carbocycles.